The second kappa shape index (κ2) is 8.86. The van der Waals surface area contributed by atoms with Gasteiger partial charge in [-0.2, -0.15) is 0 Å². The van der Waals surface area contributed by atoms with Crippen molar-refractivity contribution in [3.8, 4) is 17.2 Å². The Morgan fingerprint density at radius 1 is 1.00 bits per heavy atom. The van der Waals surface area contributed by atoms with Crippen molar-refractivity contribution in [3.05, 3.63) is 47.5 Å². The van der Waals surface area contributed by atoms with Gasteiger partial charge in [0.05, 0.1) is 21.3 Å². The molecule has 0 bridgehead atoms. The average molecular weight is 398 g/mol. The molecule has 0 saturated heterocycles. The molecule has 0 saturated carbocycles. The number of hydrogen-bond acceptors (Lipinski definition) is 5. The third-order valence-corrected chi connectivity index (χ3v) is 5.11. The Morgan fingerprint density at radius 3 is 2.31 bits per heavy atom. The highest BCUT2D eigenvalue weighted by molar-refractivity contribution is 5.97. The Labute approximate surface area is 170 Å². The minimum absolute atomic E-state index is 0.0227. The third kappa shape index (κ3) is 4.45. The fourth-order valence-corrected chi connectivity index (χ4v) is 3.49. The summed E-state index contributed by atoms with van der Waals surface area (Å²) < 4.78 is 16.0. The first-order valence-corrected chi connectivity index (χ1v) is 9.40. The minimum Gasteiger partial charge on any atom is -0.497 e. The van der Waals surface area contributed by atoms with Gasteiger partial charge in [-0.05, 0) is 41.8 Å². The van der Waals surface area contributed by atoms with Gasteiger partial charge in [-0.3, -0.25) is 9.59 Å². The minimum atomic E-state index is -0.199. The second-order valence-corrected chi connectivity index (χ2v) is 6.85. The van der Waals surface area contributed by atoms with Gasteiger partial charge in [0.2, 0.25) is 11.8 Å². The van der Waals surface area contributed by atoms with Gasteiger partial charge in [0.15, 0.2) is 11.5 Å². The van der Waals surface area contributed by atoms with E-state index in [4.69, 9.17) is 14.2 Å². The molecule has 29 heavy (non-hydrogen) atoms. The smallest absolute Gasteiger partial charge is 0.242 e. The summed E-state index contributed by atoms with van der Waals surface area (Å²) in [6.07, 6.45) is 0.723. The number of benzene rings is 2. The molecule has 0 fully saturated rings. The number of carbonyl (C=O) groups is 2. The molecule has 154 valence electrons. The highest BCUT2D eigenvalue weighted by Crippen LogP contribution is 2.33. The van der Waals surface area contributed by atoms with Gasteiger partial charge in [-0.1, -0.05) is 6.07 Å². The van der Waals surface area contributed by atoms with Crippen molar-refractivity contribution in [2.45, 2.75) is 19.9 Å². The zero-order valence-electron chi connectivity index (χ0n) is 17.2. The van der Waals surface area contributed by atoms with Gasteiger partial charge in [-0.25, -0.2) is 0 Å². The van der Waals surface area contributed by atoms with Gasteiger partial charge in [-0.15, -0.1) is 0 Å². The van der Waals surface area contributed by atoms with Crippen LogP contribution < -0.4 is 19.1 Å². The van der Waals surface area contributed by atoms with Crippen molar-refractivity contribution in [1.29, 1.82) is 0 Å². The molecular formula is C22H26N2O5. The van der Waals surface area contributed by atoms with E-state index in [1.54, 1.807) is 50.5 Å². The molecule has 0 aliphatic carbocycles. The lowest BCUT2D eigenvalue weighted by molar-refractivity contribution is -0.132. The second-order valence-electron chi connectivity index (χ2n) is 6.85. The van der Waals surface area contributed by atoms with E-state index in [9.17, 15) is 9.59 Å². The van der Waals surface area contributed by atoms with Crippen molar-refractivity contribution in [2.24, 2.45) is 0 Å². The number of carbonyl (C=O) groups excluding carboxylic acids is 2. The molecule has 1 aliphatic heterocycles. The summed E-state index contributed by atoms with van der Waals surface area (Å²) in [6, 6.07) is 11.0. The van der Waals surface area contributed by atoms with Crippen molar-refractivity contribution in [3.63, 3.8) is 0 Å². The van der Waals surface area contributed by atoms with Gasteiger partial charge < -0.3 is 24.0 Å². The molecule has 2 aromatic carbocycles. The van der Waals surface area contributed by atoms with E-state index in [1.165, 1.54) is 11.8 Å². The molecule has 0 atom stereocenters. The van der Waals surface area contributed by atoms with Crippen LogP contribution in [0.3, 0.4) is 0 Å². The lowest BCUT2D eigenvalue weighted by Gasteiger charge is -2.31. The van der Waals surface area contributed by atoms with Crippen LogP contribution in [0.2, 0.25) is 0 Å². The Kier molecular flexibility index (Phi) is 6.26. The number of amides is 2. The van der Waals surface area contributed by atoms with Crippen molar-refractivity contribution in [2.75, 3.05) is 39.3 Å². The van der Waals surface area contributed by atoms with Crippen LogP contribution >= 0.6 is 0 Å². The van der Waals surface area contributed by atoms with Crippen LogP contribution in [0, 0.1) is 0 Å². The van der Waals surface area contributed by atoms with E-state index >= 15 is 0 Å². The zero-order valence-corrected chi connectivity index (χ0v) is 17.2. The molecule has 0 radical (unpaired) electrons. The lowest BCUT2D eigenvalue weighted by atomic mass is 9.98. The van der Waals surface area contributed by atoms with Crippen LogP contribution in [0.1, 0.15) is 18.1 Å². The summed E-state index contributed by atoms with van der Waals surface area (Å²) in [5, 5.41) is 0. The zero-order chi connectivity index (χ0) is 21.0. The number of methoxy groups -OCH3 is 3. The van der Waals surface area contributed by atoms with Gasteiger partial charge >= 0.3 is 0 Å². The van der Waals surface area contributed by atoms with Crippen LogP contribution in [0.25, 0.3) is 0 Å². The van der Waals surface area contributed by atoms with Crippen LogP contribution in [-0.4, -0.2) is 51.1 Å². The van der Waals surface area contributed by atoms with Gasteiger partial charge in [0.25, 0.3) is 0 Å². The molecule has 0 aromatic heterocycles. The standard InChI is InChI=1S/C22H26N2O5/c1-15(25)24(18-6-5-7-19(12-18)27-2)14-22(26)23-9-8-16-10-20(28-3)21(29-4)11-17(16)13-23/h5-7,10-12H,8-9,13-14H2,1-4H3. The maximum atomic E-state index is 13.0. The van der Waals surface area contributed by atoms with Gasteiger partial charge in [0, 0.05) is 31.8 Å². The molecule has 1 aliphatic rings. The Morgan fingerprint density at radius 2 is 1.69 bits per heavy atom. The molecule has 2 amide bonds. The first-order valence-electron chi connectivity index (χ1n) is 9.40. The third-order valence-electron chi connectivity index (χ3n) is 5.11. The Bertz CT molecular complexity index is 912. The molecule has 3 rings (SSSR count). The maximum Gasteiger partial charge on any atom is 0.242 e. The first-order chi connectivity index (χ1) is 14.0. The molecule has 1 heterocycles. The highest BCUT2D eigenvalue weighted by atomic mass is 16.5. The molecule has 2 aromatic rings. The Hall–Kier alpha value is -3.22. The van der Waals surface area contributed by atoms with Crippen molar-refractivity contribution < 1.29 is 23.8 Å². The number of anilines is 1. The molecule has 0 unspecified atom stereocenters. The van der Waals surface area contributed by atoms with E-state index in [0.29, 0.717) is 36.0 Å². The molecule has 7 heteroatoms. The molecule has 0 spiro atoms. The molecule has 0 N–H and O–H groups in total. The summed E-state index contributed by atoms with van der Waals surface area (Å²) in [4.78, 5) is 28.4. The summed E-state index contributed by atoms with van der Waals surface area (Å²) in [7, 11) is 4.77. The predicted octanol–water partition coefficient (Wildman–Crippen LogP) is 2.65. The number of rotatable bonds is 6. The normalized spacial score (nSPS) is 12.8. The van der Waals surface area contributed by atoms with Gasteiger partial charge in [0.1, 0.15) is 12.3 Å². The van der Waals surface area contributed by atoms with Crippen molar-refractivity contribution >= 4 is 17.5 Å². The summed E-state index contributed by atoms with van der Waals surface area (Å²) in [5.74, 6) is 1.65. The topological polar surface area (TPSA) is 68.3 Å². The summed E-state index contributed by atoms with van der Waals surface area (Å²) >= 11 is 0. The van der Waals surface area contributed by atoms with E-state index in [0.717, 1.165) is 17.5 Å². The van der Waals surface area contributed by atoms with Crippen LogP contribution in [0.4, 0.5) is 5.69 Å². The molecule has 7 nitrogen and oxygen atoms in total. The van der Waals surface area contributed by atoms with E-state index in [-0.39, 0.29) is 18.4 Å². The SMILES string of the molecule is COc1cccc(N(CC(=O)N2CCc3cc(OC)c(OC)cc3C2)C(C)=O)c1. The fourth-order valence-electron chi connectivity index (χ4n) is 3.49. The van der Waals surface area contributed by atoms with Crippen LogP contribution in [0.15, 0.2) is 36.4 Å². The largest absolute Gasteiger partial charge is 0.497 e. The number of ether oxygens (including phenoxy) is 3. The van der Waals surface area contributed by atoms with Crippen molar-refractivity contribution in [1.82, 2.24) is 4.90 Å². The van der Waals surface area contributed by atoms with E-state index < -0.39 is 0 Å². The van der Waals surface area contributed by atoms with Crippen LogP contribution in [0.5, 0.6) is 17.2 Å². The number of nitrogens with zero attached hydrogens (tertiary/aromatic N) is 2. The van der Waals surface area contributed by atoms with Crippen LogP contribution in [-0.2, 0) is 22.6 Å². The number of hydrogen-bond donors (Lipinski definition) is 0. The summed E-state index contributed by atoms with van der Waals surface area (Å²) in [5.41, 5.74) is 2.80. The molecular weight excluding hydrogens is 372 g/mol. The Balaban J connectivity index is 1.77. The predicted molar refractivity (Wildman–Crippen MR) is 110 cm³/mol. The average Bonchev–Trinajstić information content (AvgIpc) is 2.75. The first kappa shape index (κ1) is 20.5. The lowest BCUT2D eigenvalue weighted by Crippen LogP contribution is -2.44. The number of fused-ring (bicyclic) bond motifs is 1. The quantitative estimate of drug-likeness (QED) is 0.748. The summed E-state index contributed by atoms with van der Waals surface area (Å²) in [6.45, 7) is 2.49. The highest BCUT2D eigenvalue weighted by Gasteiger charge is 2.25. The fraction of sp³-hybridized carbons (Fsp3) is 0.364. The maximum absolute atomic E-state index is 13.0. The van der Waals surface area contributed by atoms with E-state index in [1.807, 2.05) is 12.1 Å². The monoisotopic (exact) mass is 398 g/mol. The van der Waals surface area contributed by atoms with E-state index in [2.05, 4.69) is 0 Å².